The summed E-state index contributed by atoms with van der Waals surface area (Å²) in [4.78, 5) is 12.2. The minimum atomic E-state index is -1.31. The Morgan fingerprint density at radius 2 is 2.25 bits per heavy atom. The molecule has 16 heavy (non-hydrogen) atoms. The molecule has 0 saturated carbocycles. The largest absolute Gasteiger partial charge is 0.591 e. The van der Waals surface area contributed by atoms with Crippen LogP contribution in [0.2, 0.25) is 0 Å². The highest BCUT2D eigenvalue weighted by Gasteiger charge is 2.30. The van der Waals surface area contributed by atoms with E-state index in [1.54, 1.807) is 0 Å². The lowest BCUT2D eigenvalue weighted by atomic mass is 10.2. The van der Waals surface area contributed by atoms with Gasteiger partial charge in [-0.3, -0.25) is 0 Å². The smallest absolute Gasteiger partial charge is 0.407 e. The second kappa shape index (κ2) is 5.05. The van der Waals surface area contributed by atoms with Crippen molar-refractivity contribution in [1.29, 1.82) is 0 Å². The molecule has 0 aromatic rings. The van der Waals surface area contributed by atoms with Gasteiger partial charge < -0.3 is 14.6 Å². The molecule has 0 radical (unpaired) electrons. The van der Waals surface area contributed by atoms with Gasteiger partial charge in [0, 0.05) is 6.54 Å². The fraction of sp³-hybridized carbons (Fsp3) is 0.800. The van der Waals surface area contributed by atoms with Crippen LogP contribution in [0.4, 0.5) is 4.79 Å². The van der Waals surface area contributed by atoms with Gasteiger partial charge in [0.15, 0.2) is 0 Å². The molecule has 1 amide bonds. The molecule has 0 aliphatic carbocycles. The molecule has 0 aromatic carbocycles. The maximum atomic E-state index is 11.6. The highest BCUT2D eigenvalue weighted by molar-refractivity contribution is 7.91. The van der Waals surface area contributed by atoms with E-state index >= 15 is 0 Å². The molecular formula is C10H18N2O3S. The second-order valence-electron chi connectivity index (χ2n) is 4.80. The Balaban J connectivity index is 2.60. The summed E-state index contributed by atoms with van der Waals surface area (Å²) in [6, 6.07) is -0.219. The zero-order valence-corrected chi connectivity index (χ0v) is 10.7. The van der Waals surface area contributed by atoms with Gasteiger partial charge in [-0.05, 0) is 33.6 Å². The highest BCUT2D eigenvalue weighted by atomic mass is 32.2. The summed E-state index contributed by atoms with van der Waals surface area (Å²) in [5.74, 6) is 0. The number of rotatable bonds is 2. The number of hydrogen-bond donors (Lipinski definition) is 1. The van der Waals surface area contributed by atoms with Crippen LogP contribution in [0.25, 0.3) is 0 Å². The summed E-state index contributed by atoms with van der Waals surface area (Å²) in [5.41, 5.74) is 0. The third-order valence-electron chi connectivity index (χ3n) is 2.40. The van der Waals surface area contributed by atoms with Crippen molar-refractivity contribution < 1.29 is 14.5 Å². The fourth-order valence-electron chi connectivity index (χ4n) is 1.47. The summed E-state index contributed by atoms with van der Waals surface area (Å²) in [6.45, 7) is 6.05. The molecule has 5 nitrogen and oxygen atoms in total. The summed E-state index contributed by atoms with van der Waals surface area (Å²) in [5, 5.41) is 8.90. The Morgan fingerprint density at radius 3 is 2.75 bits per heavy atom. The fourth-order valence-corrected chi connectivity index (χ4v) is 2.04. The molecule has 1 unspecified atom stereocenters. The summed E-state index contributed by atoms with van der Waals surface area (Å²) >= 11 is -1.31. The van der Waals surface area contributed by atoms with E-state index in [1.807, 2.05) is 20.8 Å². The van der Waals surface area contributed by atoms with Crippen molar-refractivity contribution >= 4 is 23.7 Å². The summed E-state index contributed by atoms with van der Waals surface area (Å²) in [6.07, 6.45) is 2.18. The molecule has 92 valence electrons. The van der Waals surface area contributed by atoms with E-state index in [0.29, 0.717) is 6.54 Å². The maximum absolute atomic E-state index is 11.6. The van der Waals surface area contributed by atoms with Crippen LogP contribution in [-0.4, -0.2) is 44.2 Å². The maximum Gasteiger partial charge on any atom is 0.407 e. The van der Waals surface area contributed by atoms with E-state index in [-0.39, 0.29) is 6.04 Å². The topological polar surface area (TPSA) is 76.0 Å². The van der Waals surface area contributed by atoms with Gasteiger partial charge in [-0.1, -0.05) is 4.40 Å². The number of hydrogen-bond acceptors (Lipinski definition) is 3. The van der Waals surface area contributed by atoms with Gasteiger partial charge in [-0.25, -0.2) is 4.79 Å². The standard InChI is InChI=1S/C10H18N2O3S/c1-10(2,3)16(15)11-7-8-5-4-6-12(8)9(13)14/h7-8H,4-6H2,1-3H3,(H,13,14)/t8-,16?/m1/s1. The van der Waals surface area contributed by atoms with Crippen molar-refractivity contribution in [1.82, 2.24) is 4.90 Å². The lowest BCUT2D eigenvalue weighted by Crippen LogP contribution is -2.36. The van der Waals surface area contributed by atoms with Gasteiger partial charge in [0.1, 0.15) is 16.1 Å². The molecule has 0 spiro atoms. The van der Waals surface area contributed by atoms with Gasteiger partial charge in [0.25, 0.3) is 0 Å². The van der Waals surface area contributed by atoms with E-state index in [2.05, 4.69) is 4.40 Å². The van der Waals surface area contributed by atoms with Crippen LogP contribution in [0.15, 0.2) is 4.40 Å². The molecule has 1 heterocycles. The van der Waals surface area contributed by atoms with Crippen molar-refractivity contribution in [3.63, 3.8) is 0 Å². The minimum absolute atomic E-state index is 0.219. The van der Waals surface area contributed by atoms with Crippen LogP contribution in [0.3, 0.4) is 0 Å². The van der Waals surface area contributed by atoms with Crippen molar-refractivity contribution in [3.8, 4) is 0 Å². The zero-order valence-electron chi connectivity index (χ0n) is 9.84. The normalized spacial score (nSPS) is 24.0. The monoisotopic (exact) mass is 246 g/mol. The lowest BCUT2D eigenvalue weighted by Gasteiger charge is -2.20. The number of carbonyl (C=O) groups is 1. The van der Waals surface area contributed by atoms with Crippen LogP contribution in [0.1, 0.15) is 33.6 Å². The number of nitrogens with zero attached hydrogens (tertiary/aromatic N) is 2. The molecule has 1 N–H and O–H groups in total. The van der Waals surface area contributed by atoms with E-state index in [4.69, 9.17) is 5.11 Å². The van der Waals surface area contributed by atoms with Gasteiger partial charge in [-0.2, -0.15) is 0 Å². The number of likely N-dealkylation sites (tertiary alicyclic amines) is 1. The molecule has 1 rings (SSSR count). The lowest BCUT2D eigenvalue weighted by molar-refractivity contribution is 0.150. The average Bonchev–Trinajstić information content (AvgIpc) is 2.60. The van der Waals surface area contributed by atoms with Crippen molar-refractivity contribution in [3.05, 3.63) is 0 Å². The Hall–Kier alpha value is -0.750. The Bertz CT molecular complexity index is 288. The van der Waals surface area contributed by atoms with E-state index < -0.39 is 22.2 Å². The van der Waals surface area contributed by atoms with Crippen molar-refractivity contribution in [2.24, 2.45) is 4.40 Å². The molecule has 6 heteroatoms. The molecule has 2 atom stereocenters. The first-order chi connectivity index (χ1) is 7.32. The molecule has 1 aliphatic rings. The van der Waals surface area contributed by atoms with Crippen molar-refractivity contribution in [2.45, 2.75) is 44.4 Å². The molecule has 1 aliphatic heterocycles. The third kappa shape index (κ3) is 3.38. The van der Waals surface area contributed by atoms with Gasteiger partial charge in [0.2, 0.25) is 0 Å². The molecule has 0 aromatic heterocycles. The quantitative estimate of drug-likeness (QED) is 0.594. The van der Waals surface area contributed by atoms with Gasteiger partial charge in [-0.15, -0.1) is 0 Å². The van der Waals surface area contributed by atoms with Crippen LogP contribution in [-0.2, 0) is 11.4 Å². The first kappa shape index (κ1) is 13.3. The van der Waals surface area contributed by atoms with Gasteiger partial charge in [0.05, 0.1) is 12.3 Å². The van der Waals surface area contributed by atoms with Crippen LogP contribution in [0, 0.1) is 0 Å². The van der Waals surface area contributed by atoms with E-state index in [9.17, 15) is 9.35 Å². The highest BCUT2D eigenvalue weighted by Crippen LogP contribution is 2.19. The van der Waals surface area contributed by atoms with Crippen molar-refractivity contribution in [2.75, 3.05) is 6.54 Å². The minimum Gasteiger partial charge on any atom is -0.591 e. The SMILES string of the molecule is CC(C)(C)[S+]([O-])N=C[C@H]1CCCN1C(=O)O. The zero-order chi connectivity index (χ0) is 12.3. The summed E-state index contributed by atoms with van der Waals surface area (Å²) in [7, 11) is 0. The number of carboxylic acid groups (broad SMARTS) is 1. The predicted molar refractivity (Wildman–Crippen MR) is 64.1 cm³/mol. The van der Waals surface area contributed by atoms with Crippen LogP contribution in [0.5, 0.6) is 0 Å². The third-order valence-corrected chi connectivity index (χ3v) is 3.76. The van der Waals surface area contributed by atoms with Gasteiger partial charge >= 0.3 is 6.09 Å². The Labute approximate surface area is 98.9 Å². The number of amides is 1. The van der Waals surface area contributed by atoms with Crippen LogP contribution < -0.4 is 0 Å². The van der Waals surface area contributed by atoms with Crippen LogP contribution >= 0.6 is 0 Å². The predicted octanol–water partition coefficient (Wildman–Crippen LogP) is 1.66. The first-order valence-corrected chi connectivity index (χ1v) is 6.39. The average molecular weight is 246 g/mol. The van der Waals surface area contributed by atoms with E-state index in [0.717, 1.165) is 12.8 Å². The molecule has 1 saturated heterocycles. The molecule has 1 fully saturated rings. The molecular weight excluding hydrogens is 228 g/mol. The first-order valence-electron chi connectivity index (χ1n) is 5.28. The molecule has 0 bridgehead atoms. The second-order valence-corrected chi connectivity index (χ2v) is 6.74. The Kier molecular flexibility index (Phi) is 4.21. The Morgan fingerprint density at radius 1 is 1.62 bits per heavy atom. The summed E-state index contributed by atoms with van der Waals surface area (Å²) < 4.78 is 15.2. The van der Waals surface area contributed by atoms with E-state index in [1.165, 1.54) is 11.1 Å².